The lowest BCUT2D eigenvalue weighted by Gasteiger charge is -2.12. The number of nitriles is 1. The quantitative estimate of drug-likeness (QED) is 0.565. The fraction of sp³-hybridized carbons (Fsp3) is 0.190. The number of carbonyl (C=O) groups excluding carboxylic acids is 1. The molecule has 0 aliphatic heterocycles. The van der Waals surface area contributed by atoms with Crippen molar-refractivity contribution in [1.29, 1.82) is 5.26 Å². The van der Waals surface area contributed by atoms with Gasteiger partial charge < -0.3 is 14.0 Å². The van der Waals surface area contributed by atoms with Gasteiger partial charge in [-0.2, -0.15) is 5.26 Å². The third kappa shape index (κ3) is 5.19. The average molecular weight is 361 g/mol. The number of nitrogens with zero attached hydrogens (tertiary/aromatic N) is 3. The number of para-hydroxylation sites is 2. The van der Waals surface area contributed by atoms with E-state index >= 15 is 0 Å². The van der Waals surface area contributed by atoms with Crippen LogP contribution in [0.15, 0.2) is 67.3 Å². The maximum absolute atomic E-state index is 12.0. The Bertz CT molecular complexity index is 930. The molecule has 6 heteroatoms. The summed E-state index contributed by atoms with van der Waals surface area (Å²) in [5, 5.41) is 9.19. The van der Waals surface area contributed by atoms with Crippen molar-refractivity contribution in [2.45, 2.75) is 26.0 Å². The molecule has 3 rings (SSSR count). The molecule has 0 spiro atoms. The molecule has 0 aliphatic rings. The van der Waals surface area contributed by atoms with Crippen LogP contribution >= 0.6 is 0 Å². The fourth-order valence-electron chi connectivity index (χ4n) is 2.54. The Morgan fingerprint density at radius 3 is 2.67 bits per heavy atom. The van der Waals surface area contributed by atoms with Gasteiger partial charge in [0.2, 0.25) is 0 Å². The highest BCUT2D eigenvalue weighted by molar-refractivity contribution is 5.69. The van der Waals surface area contributed by atoms with Gasteiger partial charge in [-0.25, -0.2) is 4.98 Å². The molecule has 2 aromatic carbocycles. The number of ether oxygens (including phenoxy) is 2. The summed E-state index contributed by atoms with van der Waals surface area (Å²) in [5.74, 6) is 0.771. The Morgan fingerprint density at radius 2 is 1.89 bits per heavy atom. The van der Waals surface area contributed by atoms with Gasteiger partial charge in [0.25, 0.3) is 0 Å². The van der Waals surface area contributed by atoms with Crippen molar-refractivity contribution in [3.8, 4) is 17.6 Å². The Balaban J connectivity index is 1.56. The zero-order chi connectivity index (χ0) is 18.9. The topological polar surface area (TPSA) is 77.1 Å². The molecule has 0 fully saturated rings. The van der Waals surface area contributed by atoms with E-state index in [4.69, 9.17) is 9.47 Å². The molecule has 6 nitrogen and oxygen atoms in total. The number of benzene rings is 2. The third-order valence-electron chi connectivity index (χ3n) is 3.95. The summed E-state index contributed by atoms with van der Waals surface area (Å²) >= 11 is 0. The lowest BCUT2D eigenvalue weighted by molar-refractivity contribution is -0.145. The normalized spacial score (nSPS) is 10.2. The van der Waals surface area contributed by atoms with Crippen molar-refractivity contribution in [3.63, 3.8) is 0 Å². The van der Waals surface area contributed by atoms with E-state index in [1.165, 1.54) is 0 Å². The van der Waals surface area contributed by atoms with Gasteiger partial charge in [-0.05, 0) is 24.6 Å². The molecule has 1 heterocycles. The Morgan fingerprint density at radius 1 is 1.11 bits per heavy atom. The molecular formula is C21H19N3O3. The Kier molecular flexibility index (Phi) is 6.21. The molecule has 0 aliphatic carbocycles. The zero-order valence-electron chi connectivity index (χ0n) is 14.7. The monoisotopic (exact) mass is 361 g/mol. The summed E-state index contributed by atoms with van der Waals surface area (Å²) in [6.45, 7) is 0.842. The smallest absolute Gasteiger partial charge is 0.306 e. The summed E-state index contributed by atoms with van der Waals surface area (Å²) in [5.41, 5.74) is 1.19. The first-order valence-electron chi connectivity index (χ1n) is 8.62. The van der Waals surface area contributed by atoms with Crippen LogP contribution in [0.5, 0.6) is 11.5 Å². The molecule has 27 heavy (non-hydrogen) atoms. The molecule has 0 bridgehead atoms. The Hall–Kier alpha value is -3.59. The zero-order valence-corrected chi connectivity index (χ0v) is 14.7. The van der Waals surface area contributed by atoms with Gasteiger partial charge in [-0.1, -0.05) is 30.3 Å². The summed E-state index contributed by atoms with van der Waals surface area (Å²) in [7, 11) is 0. The van der Waals surface area contributed by atoms with E-state index in [9.17, 15) is 10.1 Å². The van der Waals surface area contributed by atoms with Crippen LogP contribution in [0.4, 0.5) is 0 Å². The predicted molar refractivity (Wildman–Crippen MR) is 98.9 cm³/mol. The molecule has 0 amide bonds. The number of aromatic nitrogens is 2. The van der Waals surface area contributed by atoms with Crippen LogP contribution in [0.2, 0.25) is 0 Å². The summed E-state index contributed by atoms with van der Waals surface area (Å²) in [6.07, 6.45) is 6.30. The molecule has 3 aromatic rings. The van der Waals surface area contributed by atoms with Crippen LogP contribution in [-0.4, -0.2) is 15.5 Å². The van der Waals surface area contributed by atoms with Crippen molar-refractivity contribution in [2.75, 3.05) is 0 Å². The summed E-state index contributed by atoms with van der Waals surface area (Å²) < 4.78 is 13.2. The van der Waals surface area contributed by atoms with Crippen LogP contribution in [0.25, 0.3) is 0 Å². The summed E-state index contributed by atoms with van der Waals surface area (Å²) in [6, 6.07) is 16.4. The van der Waals surface area contributed by atoms with E-state index < -0.39 is 0 Å². The van der Waals surface area contributed by atoms with E-state index in [0.29, 0.717) is 29.9 Å². The molecule has 136 valence electrons. The molecule has 0 saturated heterocycles. The highest BCUT2D eigenvalue weighted by atomic mass is 16.5. The first-order chi connectivity index (χ1) is 13.3. The third-order valence-corrected chi connectivity index (χ3v) is 3.95. The number of hydrogen-bond donors (Lipinski definition) is 0. The van der Waals surface area contributed by atoms with E-state index in [1.807, 2.05) is 29.0 Å². The highest BCUT2D eigenvalue weighted by Gasteiger charge is 2.10. The lowest BCUT2D eigenvalue weighted by atomic mass is 10.2. The second-order valence-corrected chi connectivity index (χ2v) is 5.88. The number of aryl methyl sites for hydroxylation is 1. The van der Waals surface area contributed by atoms with Gasteiger partial charge in [-0.15, -0.1) is 0 Å². The number of esters is 1. The number of rotatable bonds is 8. The molecular weight excluding hydrogens is 342 g/mol. The minimum absolute atomic E-state index is 0.120. The maximum Gasteiger partial charge on any atom is 0.306 e. The molecule has 0 unspecified atom stereocenters. The SMILES string of the molecule is N#Cc1ccccc1Oc1ccccc1COC(=O)CCCn1ccnc1. The van der Waals surface area contributed by atoms with Crippen molar-refractivity contribution in [2.24, 2.45) is 0 Å². The van der Waals surface area contributed by atoms with Crippen LogP contribution in [0.1, 0.15) is 24.0 Å². The first kappa shape index (κ1) is 18.2. The van der Waals surface area contributed by atoms with Gasteiger partial charge in [0.05, 0.1) is 11.9 Å². The molecule has 0 radical (unpaired) electrons. The number of carbonyl (C=O) groups is 1. The van der Waals surface area contributed by atoms with Gasteiger partial charge >= 0.3 is 5.97 Å². The van der Waals surface area contributed by atoms with Gasteiger partial charge in [-0.3, -0.25) is 4.79 Å². The first-order valence-corrected chi connectivity index (χ1v) is 8.62. The minimum atomic E-state index is -0.262. The minimum Gasteiger partial charge on any atom is -0.461 e. The molecule has 0 N–H and O–H groups in total. The van der Waals surface area contributed by atoms with E-state index in [2.05, 4.69) is 11.1 Å². The van der Waals surface area contributed by atoms with Gasteiger partial charge in [0, 0.05) is 30.9 Å². The standard InChI is InChI=1S/C21H19N3O3/c22-14-17-6-1-3-8-19(17)27-20-9-4-2-7-18(20)15-26-21(25)10-5-12-24-13-11-23-16-24/h1-4,6-9,11,13,16H,5,10,12,15H2. The predicted octanol–water partition coefficient (Wildman–Crippen LogP) is 4.07. The lowest BCUT2D eigenvalue weighted by Crippen LogP contribution is -2.07. The second kappa shape index (κ2) is 9.20. The van der Waals surface area contributed by atoms with Crippen molar-refractivity contribution in [1.82, 2.24) is 9.55 Å². The van der Waals surface area contributed by atoms with E-state index in [-0.39, 0.29) is 12.6 Å². The number of hydrogen-bond acceptors (Lipinski definition) is 5. The molecule has 0 saturated carbocycles. The number of imidazole rings is 1. The van der Waals surface area contributed by atoms with Crippen molar-refractivity contribution < 1.29 is 14.3 Å². The highest BCUT2D eigenvalue weighted by Crippen LogP contribution is 2.28. The van der Waals surface area contributed by atoms with E-state index in [0.717, 1.165) is 12.1 Å². The van der Waals surface area contributed by atoms with Crippen molar-refractivity contribution in [3.05, 3.63) is 78.4 Å². The van der Waals surface area contributed by atoms with Gasteiger partial charge in [0.15, 0.2) is 0 Å². The van der Waals surface area contributed by atoms with Crippen LogP contribution in [0, 0.1) is 11.3 Å². The fourth-order valence-corrected chi connectivity index (χ4v) is 2.54. The maximum atomic E-state index is 12.0. The van der Waals surface area contributed by atoms with Crippen LogP contribution < -0.4 is 4.74 Å². The van der Waals surface area contributed by atoms with Crippen LogP contribution in [0.3, 0.4) is 0 Å². The largest absolute Gasteiger partial charge is 0.461 e. The van der Waals surface area contributed by atoms with Crippen LogP contribution in [-0.2, 0) is 22.7 Å². The summed E-state index contributed by atoms with van der Waals surface area (Å²) in [4.78, 5) is 15.9. The Labute approximate surface area is 157 Å². The van der Waals surface area contributed by atoms with E-state index in [1.54, 1.807) is 42.9 Å². The molecule has 0 atom stereocenters. The average Bonchev–Trinajstić information content (AvgIpc) is 3.21. The van der Waals surface area contributed by atoms with Crippen molar-refractivity contribution >= 4 is 5.97 Å². The second-order valence-electron chi connectivity index (χ2n) is 5.88. The van der Waals surface area contributed by atoms with Gasteiger partial charge in [0.1, 0.15) is 24.2 Å². The molecule has 1 aromatic heterocycles.